The van der Waals surface area contributed by atoms with Crippen LogP contribution in [-0.2, 0) is 24.2 Å². The molecule has 1 amide bonds. The van der Waals surface area contributed by atoms with Crippen molar-refractivity contribution in [1.29, 1.82) is 0 Å². The molecule has 0 radical (unpaired) electrons. The number of methoxy groups -OCH3 is 1. The third-order valence-corrected chi connectivity index (χ3v) is 7.18. The standard InChI is InChI=1S/C27H33FN6O3/c1-18(24-13-25(36-3)23(28)14-31-24)34-8-5-21-20(16-32-7-4-10-37-17-32)11-19(12-22(21)26(34)35)15-33-9-6-30-27(33)29-2/h6,9,11-14,18H,4-5,7-8,10,15-17H2,1-3H3,(H,29,30)/t18-/m0/s1. The zero-order valence-electron chi connectivity index (χ0n) is 21.5. The minimum atomic E-state index is -0.523. The van der Waals surface area contributed by atoms with Gasteiger partial charge in [-0.3, -0.25) is 14.7 Å². The lowest BCUT2D eigenvalue weighted by Crippen LogP contribution is -2.41. The lowest BCUT2D eigenvalue weighted by Gasteiger charge is -2.35. The van der Waals surface area contributed by atoms with Gasteiger partial charge in [-0.15, -0.1) is 0 Å². The maximum atomic E-state index is 13.9. The lowest BCUT2D eigenvalue weighted by atomic mass is 9.90. The Hall–Kier alpha value is -3.50. The summed E-state index contributed by atoms with van der Waals surface area (Å²) in [6.07, 6.45) is 6.57. The largest absolute Gasteiger partial charge is 0.494 e. The van der Waals surface area contributed by atoms with Crippen molar-refractivity contribution in [2.75, 3.05) is 45.9 Å². The topological polar surface area (TPSA) is 84.8 Å². The van der Waals surface area contributed by atoms with Crippen LogP contribution in [0.3, 0.4) is 0 Å². The zero-order valence-corrected chi connectivity index (χ0v) is 21.5. The highest BCUT2D eigenvalue weighted by molar-refractivity contribution is 5.97. The number of hydrogen-bond donors (Lipinski definition) is 1. The van der Waals surface area contributed by atoms with Gasteiger partial charge in [0, 0.05) is 57.3 Å². The second kappa shape index (κ2) is 10.9. The molecule has 1 fully saturated rings. The molecular weight excluding hydrogens is 475 g/mol. The van der Waals surface area contributed by atoms with E-state index in [1.807, 2.05) is 35.7 Å². The monoisotopic (exact) mass is 508 g/mol. The second-order valence-electron chi connectivity index (χ2n) is 9.52. The number of anilines is 1. The first-order chi connectivity index (χ1) is 18.0. The summed E-state index contributed by atoms with van der Waals surface area (Å²) in [7, 11) is 3.26. The SMILES string of the molecule is CNc1nccn1Cc1cc(CN2CCCOC2)c2c(c1)C(=O)N([C@@H](C)c1cc(OC)c(F)cn1)CC2. The first-order valence-corrected chi connectivity index (χ1v) is 12.6. The lowest BCUT2D eigenvalue weighted by molar-refractivity contribution is -0.0178. The van der Waals surface area contributed by atoms with Crippen molar-refractivity contribution >= 4 is 11.9 Å². The number of carbonyl (C=O) groups is 1. The van der Waals surface area contributed by atoms with Crippen molar-refractivity contribution in [1.82, 2.24) is 24.3 Å². The van der Waals surface area contributed by atoms with E-state index < -0.39 is 5.82 Å². The molecule has 37 heavy (non-hydrogen) atoms. The van der Waals surface area contributed by atoms with Crippen LogP contribution in [-0.4, -0.2) is 70.8 Å². The predicted octanol–water partition coefficient (Wildman–Crippen LogP) is 3.46. The molecule has 2 aliphatic heterocycles. The van der Waals surface area contributed by atoms with Crippen LogP contribution < -0.4 is 10.1 Å². The molecule has 1 aromatic carbocycles. The summed E-state index contributed by atoms with van der Waals surface area (Å²) in [5.41, 5.74) is 4.58. The molecule has 3 aromatic rings. The number of fused-ring (bicyclic) bond motifs is 1. The normalized spacial score (nSPS) is 17.0. The van der Waals surface area contributed by atoms with E-state index in [9.17, 15) is 9.18 Å². The molecule has 2 aromatic heterocycles. The number of halogens is 1. The van der Waals surface area contributed by atoms with Gasteiger partial charge in [0.1, 0.15) is 0 Å². The fourth-order valence-electron chi connectivity index (χ4n) is 5.23. The maximum Gasteiger partial charge on any atom is 0.254 e. The van der Waals surface area contributed by atoms with Crippen LogP contribution >= 0.6 is 0 Å². The van der Waals surface area contributed by atoms with Gasteiger partial charge in [-0.1, -0.05) is 6.07 Å². The average Bonchev–Trinajstić information content (AvgIpc) is 3.37. The number of rotatable bonds is 8. The van der Waals surface area contributed by atoms with Gasteiger partial charge >= 0.3 is 0 Å². The molecular formula is C27H33FN6O3. The Bertz CT molecular complexity index is 1270. The molecule has 0 spiro atoms. The Labute approximate surface area is 216 Å². The Balaban J connectivity index is 1.48. The van der Waals surface area contributed by atoms with Gasteiger partial charge in [-0.05, 0) is 42.5 Å². The fourth-order valence-corrected chi connectivity index (χ4v) is 5.23. The smallest absolute Gasteiger partial charge is 0.254 e. The number of imidazole rings is 1. The molecule has 5 rings (SSSR count). The molecule has 10 heteroatoms. The molecule has 0 bridgehead atoms. The van der Waals surface area contributed by atoms with E-state index in [1.54, 1.807) is 12.3 Å². The molecule has 1 atom stereocenters. The van der Waals surface area contributed by atoms with Crippen molar-refractivity contribution in [2.45, 2.75) is 38.9 Å². The number of benzene rings is 1. The van der Waals surface area contributed by atoms with Gasteiger partial charge in [0.05, 0.1) is 38.3 Å². The summed E-state index contributed by atoms with van der Waals surface area (Å²) in [5.74, 6) is 0.318. The maximum absolute atomic E-state index is 13.9. The van der Waals surface area contributed by atoms with E-state index >= 15 is 0 Å². The number of nitrogens with zero attached hydrogens (tertiary/aromatic N) is 5. The molecule has 196 valence electrons. The van der Waals surface area contributed by atoms with Crippen molar-refractivity contribution < 1.29 is 18.7 Å². The van der Waals surface area contributed by atoms with Crippen LogP contribution in [0.15, 0.2) is 36.8 Å². The van der Waals surface area contributed by atoms with E-state index in [1.165, 1.54) is 7.11 Å². The van der Waals surface area contributed by atoms with Crippen molar-refractivity contribution in [2.24, 2.45) is 0 Å². The zero-order chi connectivity index (χ0) is 25.9. The highest BCUT2D eigenvalue weighted by Crippen LogP contribution is 2.32. The highest BCUT2D eigenvalue weighted by atomic mass is 19.1. The molecule has 0 saturated carbocycles. The number of nitrogens with one attached hydrogen (secondary N) is 1. The highest BCUT2D eigenvalue weighted by Gasteiger charge is 2.32. The molecule has 1 saturated heterocycles. The Kier molecular flexibility index (Phi) is 7.38. The first-order valence-electron chi connectivity index (χ1n) is 12.6. The van der Waals surface area contributed by atoms with Gasteiger partial charge in [0.2, 0.25) is 5.95 Å². The van der Waals surface area contributed by atoms with Crippen molar-refractivity contribution in [3.05, 3.63) is 70.6 Å². The van der Waals surface area contributed by atoms with Crippen LogP contribution in [0.4, 0.5) is 10.3 Å². The number of ether oxygens (including phenoxy) is 2. The number of carbonyl (C=O) groups excluding carboxylic acids is 1. The summed E-state index contributed by atoms with van der Waals surface area (Å²) in [6.45, 7) is 6.16. The summed E-state index contributed by atoms with van der Waals surface area (Å²) in [4.78, 5) is 26.6. The van der Waals surface area contributed by atoms with Crippen LogP contribution in [0, 0.1) is 5.82 Å². The van der Waals surface area contributed by atoms with Gasteiger partial charge in [0.15, 0.2) is 11.6 Å². The van der Waals surface area contributed by atoms with Gasteiger partial charge < -0.3 is 24.3 Å². The van der Waals surface area contributed by atoms with Gasteiger partial charge in [-0.25, -0.2) is 9.37 Å². The van der Waals surface area contributed by atoms with Gasteiger partial charge in [0.25, 0.3) is 5.91 Å². The van der Waals surface area contributed by atoms with Crippen LogP contribution in [0.1, 0.15) is 52.1 Å². The first kappa shape index (κ1) is 25.2. The van der Waals surface area contributed by atoms with Crippen LogP contribution in [0.5, 0.6) is 5.75 Å². The summed E-state index contributed by atoms with van der Waals surface area (Å²) in [6, 6.07) is 5.46. The molecule has 0 unspecified atom stereocenters. The molecule has 2 aliphatic rings. The quantitative estimate of drug-likeness (QED) is 0.499. The third-order valence-electron chi connectivity index (χ3n) is 7.18. The molecule has 0 aliphatic carbocycles. The van der Waals surface area contributed by atoms with Crippen molar-refractivity contribution in [3.63, 3.8) is 0 Å². The predicted molar refractivity (Wildman–Crippen MR) is 137 cm³/mol. The minimum Gasteiger partial charge on any atom is -0.494 e. The number of amides is 1. The molecule has 4 heterocycles. The number of pyridine rings is 1. The van der Waals surface area contributed by atoms with E-state index in [2.05, 4.69) is 26.3 Å². The molecule has 1 N–H and O–H groups in total. The van der Waals surface area contributed by atoms with E-state index in [0.29, 0.717) is 31.1 Å². The average molecular weight is 509 g/mol. The Morgan fingerprint density at radius 1 is 1.22 bits per heavy atom. The van der Waals surface area contributed by atoms with E-state index in [4.69, 9.17) is 9.47 Å². The van der Waals surface area contributed by atoms with Gasteiger partial charge in [-0.2, -0.15) is 0 Å². The van der Waals surface area contributed by atoms with Crippen LogP contribution in [0.2, 0.25) is 0 Å². The fraction of sp³-hybridized carbons (Fsp3) is 0.444. The summed E-state index contributed by atoms with van der Waals surface area (Å²) >= 11 is 0. The second-order valence-corrected chi connectivity index (χ2v) is 9.52. The van der Waals surface area contributed by atoms with E-state index in [0.717, 1.165) is 61.4 Å². The summed E-state index contributed by atoms with van der Waals surface area (Å²) < 4.78 is 26.8. The Morgan fingerprint density at radius 3 is 2.84 bits per heavy atom. The van der Waals surface area contributed by atoms with Crippen molar-refractivity contribution in [3.8, 4) is 5.75 Å². The third kappa shape index (κ3) is 5.17. The molecule has 9 nitrogen and oxygen atoms in total. The number of aromatic nitrogens is 3. The minimum absolute atomic E-state index is 0.0451. The number of hydrogen-bond acceptors (Lipinski definition) is 7. The summed E-state index contributed by atoms with van der Waals surface area (Å²) in [5, 5.41) is 3.11. The Morgan fingerprint density at radius 2 is 2.08 bits per heavy atom. The van der Waals surface area contributed by atoms with Crippen LogP contribution in [0.25, 0.3) is 0 Å². The van der Waals surface area contributed by atoms with E-state index in [-0.39, 0.29) is 17.7 Å².